The molecule has 0 radical (unpaired) electrons. The molecule has 0 bridgehead atoms. The van der Waals surface area contributed by atoms with Crippen molar-refractivity contribution in [1.82, 2.24) is 0 Å². The predicted molar refractivity (Wildman–Crippen MR) is 180 cm³/mol. The minimum atomic E-state index is 0.706. The van der Waals surface area contributed by atoms with Crippen LogP contribution in [0.15, 0.2) is 78.9 Å². The van der Waals surface area contributed by atoms with Crippen LogP contribution < -0.4 is 4.90 Å². The highest BCUT2D eigenvalue weighted by molar-refractivity contribution is 6.23. The van der Waals surface area contributed by atoms with Crippen LogP contribution in [0.1, 0.15) is 88.2 Å². The van der Waals surface area contributed by atoms with Gasteiger partial charge in [-0.1, -0.05) is 131 Å². The fraction of sp³-hybridized carbons (Fsp3) is 0.436. The molecule has 0 aromatic heterocycles. The van der Waals surface area contributed by atoms with E-state index in [1.165, 1.54) is 133 Å². The molecule has 0 aliphatic heterocycles. The Labute approximate surface area is 248 Å². The Balaban J connectivity index is 0.871. The van der Waals surface area contributed by atoms with E-state index in [0.29, 0.717) is 6.61 Å². The van der Waals surface area contributed by atoms with Crippen LogP contribution in [-0.4, -0.2) is 20.7 Å². The van der Waals surface area contributed by atoms with Gasteiger partial charge in [0, 0.05) is 26.4 Å². The van der Waals surface area contributed by atoms with E-state index in [-0.39, 0.29) is 0 Å². The lowest BCUT2D eigenvalue weighted by atomic mass is 9.92. The van der Waals surface area contributed by atoms with Crippen LogP contribution in [0.25, 0.3) is 32.3 Å². The molecule has 0 unspecified atom stereocenters. The molecule has 0 N–H and O–H groups in total. The summed E-state index contributed by atoms with van der Waals surface area (Å²) >= 11 is 0. The Bertz CT molecular complexity index is 1450. The summed E-state index contributed by atoms with van der Waals surface area (Å²) < 4.78 is 6.15. The topological polar surface area (TPSA) is 12.5 Å². The first-order chi connectivity index (χ1) is 20.2. The highest BCUT2D eigenvalue weighted by atomic mass is 16.5. The van der Waals surface area contributed by atoms with E-state index < -0.39 is 0 Å². The van der Waals surface area contributed by atoms with Crippen molar-refractivity contribution >= 4 is 38.0 Å². The molecule has 0 spiro atoms. The average Bonchev–Trinajstić information content (AvgIpc) is 3.00. The molecule has 5 aromatic carbocycles. The fourth-order valence-electron chi connectivity index (χ4n) is 6.37. The van der Waals surface area contributed by atoms with Gasteiger partial charge in [0.15, 0.2) is 0 Å². The van der Waals surface area contributed by atoms with Crippen molar-refractivity contribution in [1.29, 1.82) is 0 Å². The van der Waals surface area contributed by atoms with Gasteiger partial charge in [-0.25, -0.2) is 0 Å². The van der Waals surface area contributed by atoms with Crippen molar-refractivity contribution in [2.45, 2.75) is 90.1 Å². The molecule has 2 heteroatoms. The van der Waals surface area contributed by atoms with E-state index >= 15 is 0 Å². The summed E-state index contributed by atoms with van der Waals surface area (Å²) in [5, 5.41) is 8.11. The van der Waals surface area contributed by atoms with E-state index in [2.05, 4.69) is 97.9 Å². The van der Waals surface area contributed by atoms with Crippen LogP contribution in [-0.2, 0) is 17.8 Å². The van der Waals surface area contributed by atoms with Gasteiger partial charge in [-0.15, -0.1) is 0 Å². The van der Waals surface area contributed by atoms with Crippen molar-refractivity contribution in [3.8, 4) is 0 Å². The first kappa shape index (κ1) is 29.4. The van der Waals surface area contributed by atoms with Crippen LogP contribution in [0.2, 0.25) is 0 Å². The summed E-state index contributed by atoms with van der Waals surface area (Å²) in [5.74, 6) is 0. The van der Waals surface area contributed by atoms with Gasteiger partial charge in [-0.2, -0.15) is 0 Å². The lowest BCUT2D eigenvalue weighted by molar-refractivity contribution is 0.117. The highest BCUT2D eigenvalue weighted by Gasteiger charge is 2.10. The quantitative estimate of drug-likeness (QED) is 0.0799. The third-order valence-electron chi connectivity index (χ3n) is 8.83. The molecular formula is C39H49NO. The second-order valence-electron chi connectivity index (χ2n) is 12.2. The maximum absolute atomic E-state index is 6.15. The Morgan fingerprint density at radius 3 is 1.68 bits per heavy atom. The van der Waals surface area contributed by atoms with Crippen LogP contribution in [0.5, 0.6) is 0 Å². The Hall–Kier alpha value is -3.10. The zero-order valence-electron chi connectivity index (χ0n) is 25.5. The van der Waals surface area contributed by atoms with Crippen molar-refractivity contribution in [2.75, 3.05) is 25.6 Å². The van der Waals surface area contributed by atoms with Gasteiger partial charge < -0.3 is 9.64 Å². The first-order valence-corrected chi connectivity index (χ1v) is 16.2. The molecule has 0 fully saturated rings. The molecule has 41 heavy (non-hydrogen) atoms. The molecule has 0 amide bonds. The number of nitrogens with zero attached hydrogens (tertiary/aromatic N) is 1. The van der Waals surface area contributed by atoms with Gasteiger partial charge >= 0.3 is 0 Å². The number of anilines is 1. The third-order valence-corrected chi connectivity index (χ3v) is 8.83. The highest BCUT2D eigenvalue weighted by Crippen LogP contribution is 2.36. The molecule has 0 atom stereocenters. The minimum absolute atomic E-state index is 0.706. The van der Waals surface area contributed by atoms with E-state index in [1.807, 2.05) is 0 Å². The lowest BCUT2D eigenvalue weighted by Crippen LogP contribution is -2.08. The minimum Gasteiger partial charge on any atom is -0.378 e. The maximum Gasteiger partial charge on any atom is 0.0722 e. The Morgan fingerprint density at radius 1 is 0.512 bits per heavy atom. The normalized spacial score (nSPS) is 11.8. The molecule has 0 saturated carbocycles. The van der Waals surface area contributed by atoms with Gasteiger partial charge in [0.05, 0.1) is 6.61 Å². The van der Waals surface area contributed by atoms with Crippen LogP contribution in [0, 0.1) is 0 Å². The number of aryl methyl sites for hydroxylation is 1. The van der Waals surface area contributed by atoms with Crippen molar-refractivity contribution in [3.63, 3.8) is 0 Å². The summed E-state index contributed by atoms with van der Waals surface area (Å²) in [4.78, 5) is 2.16. The number of hydrogen-bond acceptors (Lipinski definition) is 2. The summed E-state index contributed by atoms with van der Waals surface area (Å²) in [6.45, 7) is 1.57. The van der Waals surface area contributed by atoms with Gasteiger partial charge in [0.25, 0.3) is 0 Å². The zero-order valence-corrected chi connectivity index (χ0v) is 25.5. The molecule has 0 heterocycles. The summed E-state index contributed by atoms with van der Waals surface area (Å²) in [5.41, 5.74) is 4.08. The van der Waals surface area contributed by atoms with Gasteiger partial charge in [0.1, 0.15) is 0 Å². The molecule has 0 saturated heterocycles. The Morgan fingerprint density at radius 2 is 1.05 bits per heavy atom. The smallest absolute Gasteiger partial charge is 0.0722 e. The molecule has 216 valence electrons. The molecular weight excluding hydrogens is 498 g/mol. The van der Waals surface area contributed by atoms with Gasteiger partial charge in [0.2, 0.25) is 0 Å². The van der Waals surface area contributed by atoms with E-state index in [4.69, 9.17) is 4.74 Å². The zero-order chi connectivity index (χ0) is 28.3. The second-order valence-corrected chi connectivity index (χ2v) is 12.2. The predicted octanol–water partition coefficient (Wildman–Crippen LogP) is 11.1. The van der Waals surface area contributed by atoms with Crippen molar-refractivity contribution < 1.29 is 4.74 Å². The van der Waals surface area contributed by atoms with Gasteiger partial charge in [-0.3, -0.25) is 0 Å². The maximum atomic E-state index is 6.15. The number of rotatable bonds is 18. The standard InChI is InChI=1S/C39H49NO/c1-40(2)36-26-19-31(20-27-36)16-13-11-9-7-5-3-4-6-8-10-12-14-29-41-30-35-24-23-34-22-21-32-17-15-18-33-25-28-37(35)39(34)38(32)33/h15,17-28H,3-14,16,29-30H2,1-2H3. The first-order valence-electron chi connectivity index (χ1n) is 16.2. The fourth-order valence-corrected chi connectivity index (χ4v) is 6.37. The average molecular weight is 548 g/mol. The molecule has 5 aromatic rings. The summed E-state index contributed by atoms with van der Waals surface area (Å²) in [6, 6.07) is 29.2. The summed E-state index contributed by atoms with van der Waals surface area (Å²) in [6.07, 6.45) is 17.5. The summed E-state index contributed by atoms with van der Waals surface area (Å²) in [7, 11) is 4.20. The molecule has 5 rings (SSSR count). The van der Waals surface area contributed by atoms with Crippen molar-refractivity contribution in [2.24, 2.45) is 0 Å². The number of unbranched alkanes of at least 4 members (excludes halogenated alkanes) is 11. The van der Waals surface area contributed by atoms with E-state index in [1.54, 1.807) is 0 Å². The van der Waals surface area contributed by atoms with Crippen LogP contribution in [0.4, 0.5) is 5.69 Å². The van der Waals surface area contributed by atoms with Gasteiger partial charge in [-0.05, 0) is 74.8 Å². The second kappa shape index (κ2) is 15.2. The molecule has 0 aliphatic rings. The van der Waals surface area contributed by atoms with Crippen LogP contribution >= 0.6 is 0 Å². The number of hydrogen-bond donors (Lipinski definition) is 0. The SMILES string of the molecule is CN(C)c1ccc(CCCCCCCCCCCCCCOCc2ccc3ccc4cccc5ccc2c3c45)cc1. The largest absolute Gasteiger partial charge is 0.378 e. The molecule has 0 aliphatic carbocycles. The monoisotopic (exact) mass is 547 g/mol. The number of benzene rings is 5. The van der Waals surface area contributed by atoms with Crippen molar-refractivity contribution in [3.05, 3.63) is 90.0 Å². The van der Waals surface area contributed by atoms with E-state index in [9.17, 15) is 0 Å². The van der Waals surface area contributed by atoms with Crippen LogP contribution in [0.3, 0.4) is 0 Å². The molecule has 2 nitrogen and oxygen atoms in total. The number of ether oxygens (including phenoxy) is 1. The Kier molecular flexibility index (Phi) is 10.9. The third kappa shape index (κ3) is 8.01. The van der Waals surface area contributed by atoms with E-state index in [0.717, 1.165) is 6.61 Å². The lowest BCUT2D eigenvalue weighted by Gasteiger charge is -2.14.